The summed E-state index contributed by atoms with van der Waals surface area (Å²) >= 11 is 0. The van der Waals surface area contributed by atoms with Crippen molar-refractivity contribution in [1.82, 2.24) is 10.0 Å². The van der Waals surface area contributed by atoms with Crippen molar-refractivity contribution < 1.29 is 14.7 Å². The first-order valence-electron chi connectivity index (χ1n) is 5.12. The lowest BCUT2D eigenvalue weighted by molar-refractivity contribution is -0.151. The van der Waals surface area contributed by atoms with Gasteiger partial charge in [-0.3, -0.25) is 14.6 Å². The number of carboxylic acids is 1. The summed E-state index contributed by atoms with van der Waals surface area (Å²) in [4.78, 5) is 22.1. The van der Waals surface area contributed by atoms with Gasteiger partial charge in [0.1, 0.15) is 0 Å². The van der Waals surface area contributed by atoms with Crippen LogP contribution in [-0.4, -0.2) is 45.6 Å². The first kappa shape index (κ1) is 12.0. The van der Waals surface area contributed by atoms with Crippen LogP contribution in [0.4, 0.5) is 0 Å². The molecule has 0 radical (unpaired) electrons. The maximum atomic E-state index is 11.6. The Bertz CT molecular complexity index is 270. The minimum atomic E-state index is -0.830. The molecule has 0 spiro atoms. The molecule has 1 N–H and O–H groups in total. The fraction of sp³-hybridized carbons (Fsp3) is 0.800. The number of amides is 1. The molecule has 5 nitrogen and oxygen atoms in total. The van der Waals surface area contributed by atoms with E-state index in [0.717, 1.165) is 0 Å². The SMILES string of the molecule is CC(C)(C)N1C(=O)CCN1CCC(=O)O. The first-order valence-corrected chi connectivity index (χ1v) is 5.12. The molecule has 1 amide bonds. The molecule has 0 unspecified atom stereocenters. The molecule has 0 atom stereocenters. The van der Waals surface area contributed by atoms with Gasteiger partial charge in [0.25, 0.3) is 0 Å². The van der Waals surface area contributed by atoms with Crippen LogP contribution in [0, 0.1) is 0 Å². The Morgan fingerprint density at radius 3 is 2.53 bits per heavy atom. The Morgan fingerprint density at radius 1 is 1.47 bits per heavy atom. The van der Waals surface area contributed by atoms with E-state index in [-0.39, 0.29) is 17.9 Å². The van der Waals surface area contributed by atoms with Crippen molar-refractivity contribution in [2.45, 2.75) is 39.2 Å². The summed E-state index contributed by atoms with van der Waals surface area (Å²) in [5.74, 6) is -0.754. The average molecular weight is 214 g/mol. The van der Waals surface area contributed by atoms with Gasteiger partial charge in [0.15, 0.2) is 0 Å². The molecule has 1 rings (SSSR count). The van der Waals surface area contributed by atoms with Crippen LogP contribution in [-0.2, 0) is 9.59 Å². The van der Waals surface area contributed by atoms with Gasteiger partial charge in [0.05, 0.1) is 12.0 Å². The van der Waals surface area contributed by atoms with Crippen molar-refractivity contribution in [3.8, 4) is 0 Å². The number of carbonyl (C=O) groups excluding carboxylic acids is 1. The van der Waals surface area contributed by atoms with Gasteiger partial charge in [0.2, 0.25) is 5.91 Å². The molecule has 0 aromatic carbocycles. The summed E-state index contributed by atoms with van der Waals surface area (Å²) < 4.78 is 0. The third-order valence-corrected chi connectivity index (χ3v) is 2.32. The summed E-state index contributed by atoms with van der Waals surface area (Å²) in [5.41, 5.74) is -0.272. The molecule has 0 aromatic heterocycles. The first-order chi connectivity index (χ1) is 6.82. The molecule has 1 fully saturated rings. The van der Waals surface area contributed by atoms with Crippen molar-refractivity contribution in [3.05, 3.63) is 0 Å². The standard InChI is InChI=1S/C10H18N2O3/c1-10(2,3)12-8(13)4-6-11(12)7-5-9(14)15/h4-7H2,1-3H3,(H,14,15). The predicted octanol–water partition coefficient (Wildman–Crippen LogP) is 0.709. The lowest BCUT2D eigenvalue weighted by atomic mass is 10.1. The molecule has 5 heteroatoms. The number of hydrogen-bond donors (Lipinski definition) is 1. The Balaban J connectivity index is 2.64. The molecule has 1 heterocycles. The van der Waals surface area contributed by atoms with E-state index in [1.54, 1.807) is 5.01 Å². The normalized spacial score (nSPS) is 18.6. The molecular weight excluding hydrogens is 196 g/mol. The van der Waals surface area contributed by atoms with Crippen molar-refractivity contribution in [1.29, 1.82) is 0 Å². The van der Waals surface area contributed by atoms with Gasteiger partial charge in [-0.15, -0.1) is 0 Å². The van der Waals surface area contributed by atoms with E-state index < -0.39 is 5.97 Å². The van der Waals surface area contributed by atoms with Crippen LogP contribution in [0.25, 0.3) is 0 Å². The van der Waals surface area contributed by atoms with Gasteiger partial charge < -0.3 is 5.11 Å². The monoisotopic (exact) mass is 214 g/mol. The van der Waals surface area contributed by atoms with Gasteiger partial charge in [-0.2, -0.15) is 0 Å². The van der Waals surface area contributed by atoms with Crippen molar-refractivity contribution in [2.24, 2.45) is 0 Å². The summed E-state index contributed by atoms with van der Waals surface area (Å²) in [6.45, 7) is 6.87. The number of nitrogens with zero attached hydrogens (tertiary/aromatic N) is 2. The highest BCUT2D eigenvalue weighted by atomic mass is 16.4. The molecule has 1 aliphatic heterocycles. The molecular formula is C10H18N2O3. The third kappa shape index (κ3) is 2.92. The molecule has 0 saturated carbocycles. The topological polar surface area (TPSA) is 60.9 Å². The molecule has 0 aromatic rings. The highest BCUT2D eigenvalue weighted by Gasteiger charge is 2.36. The zero-order valence-corrected chi connectivity index (χ0v) is 9.49. The fourth-order valence-electron chi connectivity index (χ4n) is 1.82. The van der Waals surface area contributed by atoms with E-state index in [2.05, 4.69) is 0 Å². The van der Waals surface area contributed by atoms with Gasteiger partial charge in [-0.25, -0.2) is 5.01 Å². The van der Waals surface area contributed by atoms with E-state index in [1.807, 2.05) is 25.8 Å². The number of carboxylic acid groups (broad SMARTS) is 1. The second kappa shape index (κ2) is 4.18. The van der Waals surface area contributed by atoms with E-state index in [1.165, 1.54) is 0 Å². The van der Waals surface area contributed by atoms with E-state index in [9.17, 15) is 9.59 Å². The molecule has 0 aliphatic carbocycles. The Kier molecular flexibility index (Phi) is 3.34. The Morgan fingerprint density at radius 2 is 2.07 bits per heavy atom. The number of hydrazine groups is 1. The van der Waals surface area contributed by atoms with E-state index in [0.29, 0.717) is 19.5 Å². The van der Waals surface area contributed by atoms with Gasteiger partial charge >= 0.3 is 5.97 Å². The van der Waals surface area contributed by atoms with Crippen LogP contribution in [0.3, 0.4) is 0 Å². The van der Waals surface area contributed by atoms with Crippen molar-refractivity contribution >= 4 is 11.9 Å². The number of carbonyl (C=O) groups is 2. The van der Waals surface area contributed by atoms with E-state index in [4.69, 9.17) is 5.11 Å². The van der Waals surface area contributed by atoms with Gasteiger partial charge in [0, 0.05) is 19.5 Å². The summed E-state index contributed by atoms with van der Waals surface area (Å²) in [6, 6.07) is 0. The maximum absolute atomic E-state index is 11.6. The van der Waals surface area contributed by atoms with Crippen molar-refractivity contribution in [3.63, 3.8) is 0 Å². The van der Waals surface area contributed by atoms with Crippen LogP contribution >= 0.6 is 0 Å². The zero-order chi connectivity index (χ0) is 11.6. The lowest BCUT2D eigenvalue weighted by Crippen LogP contribution is -2.51. The summed E-state index contributed by atoms with van der Waals surface area (Å²) in [7, 11) is 0. The van der Waals surface area contributed by atoms with Crippen LogP contribution in [0.15, 0.2) is 0 Å². The van der Waals surface area contributed by atoms with Crippen LogP contribution in [0.5, 0.6) is 0 Å². The largest absolute Gasteiger partial charge is 0.481 e. The average Bonchev–Trinajstić information content (AvgIpc) is 2.42. The molecule has 15 heavy (non-hydrogen) atoms. The highest BCUT2D eigenvalue weighted by molar-refractivity contribution is 5.78. The quantitative estimate of drug-likeness (QED) is 0.751. The van der Waals surface area contributed by atoms with Crippen LogP contribution < -0.4 is 0 Å². The second-order valence-electron chi connectivity index (χ2n) is 4.72. The Hall–Kier alpha value is -1.10. The molecule has 1 saturated heterocycles. The Labute approximate surface area is 89.6 Å². The van der Waals surface area contributed by atoms with Crippen LogP contribution in [0.2, 0.25) is 0 Å². The third-order valence-electron chi connectivity index (χ3n) is 2.32. The minimum Gasteiger partial charge on any atom is -0.481 e. The summed E-state index contributed by atoms with van der Waals surface area (Å²) in [6.07, 6.45) is 0.552. The number of hydrogen-bond acceptors (Lipinski definition) is 3. The maximum Gasteiger partial charge on any atom is 0.304 e. The fourth-order valence-corrected chi connectivity index (χ4v) is 1.82. The smallest absolute Gasteiger partial charge is 0.304 e. The van der Waals surface area contributed by atoms with E-state index >= 15 is 0 Å². The minimum absolute atomic E-state index is 0.0693. The van der Waals surface area contributed by atoms with Crippen LogP contribution in [0.1, 0.15) is 33.6 Å². The lowest BCUT2D eigenvalue weighted by Gasteiger charge is -2.38. The predicted molar refractivity (Wildman–Crippen MR) is 55.0 cm³/mol. The summed E-state index contributed by atoms with van der Waals surface area (Å²) in [5, 5.41) is 12.1. The van der Waals surface area contributed by atoms with Gasteiger partial charge in [-0.1, -0.05) is 0 Å². The zero-order valence-electron chi connectivity index (χ0n) is 9.49. The number of aliphatic carboxylic acids is 1. The molecule has 1 aliphatic rings. The van der Waals surface area contributed by atoms with Gasteiger partial charge in [-0.05, 0) is 20.8 Å². The van der Waals surface area contributed by atoms with Crippen molar-refractivity contribution in [2.75, 3.05) is 13.1 Å². The molecule has 86 valence electrons. The highest BCUT2D eigenvalue weighted by Crippen LogP contribution is 2.23. The number of rotatable bonds is 3. The second-order valence-corrected chi connectivity index (χ2v) is 4.72. The molecule has 0 bridgehead atoms.